The van der Waals surface area contributed by atoms with E-state index in [0.717, 1.165) is 0 Å². The Hall–Kier alpha value is -1.33. The Bertz CT molecular complexity index is 368. The Morgan fingerprint density at radius 3 is 2.71 bits per heavy atom. The summed E-state index contributed by atoms with van der Waals surface area (Å²) in [6.45, 7) is 0.143. The number of nitro groups is 1. The average molecular weight is 217 g/mol. The first kappa shape index (κ1) is 10.7. The summed E-state index contributed by atoms with van der Waals surface area (Å²) in [6.07, 6.45) is 0. The Balaban J connectivity index is 3.31. The molecule has 0 bridgehead atoms. The van der Waals surface area contributed by atoms with Crippen molar-refractivity contribution in [1.29, 1.82) is 0 Å². The zero-order chi connectivity index (χ0) is 10.7. The number of hydrogen-bond acceptors (Lipinski definition) is 4. The molecular formula is C8H9ClN2O3. The van der Waals surface area contributed by atoms with Crippen molar-refractivity contribution in [2.75, 3.05) is 7.11 Å². The predicted octanol–water partition coefficient (Wildman–Crippen LogP) is 1.72. The highest BCUT2D eigenvalue weighted by Crippen LogP contribution is 2.32. The van der Waals surface area contributed by atoms with Gasteiger partial charge in [0, 0.05) is 24.2 Å². The van der Waals surface area contributed by atoms with Crippen LogP contribution in [0, 0.1) is 10.1 Å². The van der Waals surface area contributed by atoms with Crippen molar-refractivity contribution in [3.8, 4) is 5.75 Å². The fourth-order valence-corrected chi connectivity index (χ4v) is 1.43. The fraction of sp³-hybridized carbons (Fsp3) is 0.250. The van der Waals surface area contributed by atoms with Crippen molar-refractivity contribution < 1.29 is 9.66 Å². The second kappa shape index (κ2) is 4.26. The van der Waals surface area contributed by atoms with E-state index in [1.54, 1.807) is 0 Å². The van der Waals surface area contributed by atoms with Crippen molar-refractivity contribution in [3.05, 3.63) is 32.8 Å². The van der Waals surface area contributed by atoms with Crippen LogP contribution in [0.4, 0.5) is 5.69 Å². The Labute approximate surface area is 85.6 Å². The lowest BCUT2D eigenvalue weighted by molar-refractivity contribution is -0.384. The lowest BCUT2D eigenvalue weighted by atomic mass is 10.2. The molecule has 0 saturated heterocycles. The average Bonchev–Trinajstić information content (AvgIpc) is 2.16. The van der Waals surface area contributed by atoms with E-state index in [2.05, 4.69) is 0 Å². The molecule has 0 amide bonds. The molecule has 14 heavy (non-hydrogen) atoms. The molecule has 0 unspecified atom stereocenters. The van der Waals surface area contributed by atoms with Crippen molar-refractivity contribution in [2.24, 2.45) is 5.73 Å². The minimum absolute atomic E-state index is 0.0868. The van der Waals surface area contributed by atoms with Gasteiger partial charge in [0.2, 0.25) is 0 Å². The van der Waals surface area contributed by atoms with E-state index in [-0.39, 0.29) is 17.3 Å². The van der Waals surface area contributed by atoms with Crippen molar-refractivity contribution in [3.63, 3.8) is 0 Å². The molecule has 6 heteroatoms. The van der Waals surface area contributed by atoms with Gasteiger partial charge >= 0.3 is 0 Å². The lowest BCUT2D eigenvalue weighted by Gasteiger charge is -2.07. The number of nitrogens with two attached hydrogens (primary N) is 1. The molecule has 1 aromatic carbocycles. The van der Waals surface area contributed by atoms with E-state index in [1.807, 2.05) is 0 Å². The van der Waals surface area contributed by atoms with Gasteiger partial charge in [-0.2, -0.15) is 0 Å². The minimum Gasteiger partial charge on any atom is -0.495 e. The maximum absolute atomic E-state index is 10.5. The predicted molar refractivity (Wildman–Crippen MR) is 52.5 cm³/mol. The molecule has 0 fully saturated rings. The summed E-state index contributed by atoms with van der Waals surface area (Å²) in [6, 6.07) is 2.59. The molecule has 0 spiro atoms. The first-order valence-corrected chi connectivity index (χ1v) is 4.18. The third kappa shape index (κ3) is 1.94. The smallest absolute Gasteiger partial charge is 0.271 e. The van der Waals surface area contributed by atoms with Crippen LogP contribution in [0.25, 0.3) is 0 Å². The van der Waals surface area contributed by atoms with Gasteiger partial charge < -0.3 is 10.5 Å². The number of hydrogen-bond donors (Lipinski definition) is 1. The van der Waals surface area contributed by atoms with Crippen LogP contribution >= 0.6 is 11.6 Å². The minimum atomic E-state index is -0.523. The monoisotopic (exact) mass is 216 g/mol. The highest BCUT2D eigenvalue weighted by molar-refractivity contribution is 6.32. The fourth-order valence-electron chi connectivity index (χ4n) is 1.12. The first-order valence-electron chi connectivity index (χ1n) is 3.81. The van der Waals surface area contributed by atoms with Crippen LogP contribution in [0.2, 0.25) is 5.02 Å². The van der Waals surface area contributed by atoms with Crippen LogP contribution in [-0.2, 0) is 6.54 Å². The molecular weight excluding hydrogens is 208 g/mol. The summed E-state index contributed by atoms with van der Waals surface area (Å²) in [4.78, 5) is 9.96. The number of ether oxygens (including phenoxy) is 1. The Morgan fingerprint density at radius 1 is 1.64 bits per heavy atom. The van der Waals surface area contributed by atoms with Crippen LogP contribution in [0.3, 0.4) is 0 Å². The van der Waals surface area contributed by atoms with Gasteiger partial charge in [0.05, 0.1) is 17.1 Å². The van der Waals surface area contributed by atoms with Gasteiger partial charge in [0.1, 0.15) is 5.75 Å². The maximum Gasteiger partial charge on any atom is 0.271 e. The number of non-ortho nitro benzene ring substituents is 1. The third-order valence-corrected chi connectivity index (χ3v) is 2.02. The van der Waals surface area contributed by atoms with Crippen LogP contribution < -0.4 is 10.5 Å². The molecule has 0 saturated carbocycles. The van der Waals surface area contributed by atoms with Crippen LogP contribution in [0.1, 0.15) is 5.56 Å². The molecule has 2 N–H and O–H groups in total. The van der Waals surface area contributed by atoms with E-state index in [4.69, 9.17) is 22.1 Å². The SMILES string of the molecule is COc1c(Cl)cc([N+](=O)[O-])cc1CN. The summed E-state index contributed by atoms with van der Waals surface area (Å²) < 4.78 is 4.97. The molecule has 0 heterocycles. The van der Waals surface area contributed by atoms with Gasteiger partial charge in [-0.25, -0.2) is 0 Å². The lowest BCUT2D eigenvalue weighted by Crippen LogP contribution is -2.01. The van der Waals surface area contributed by atoms with Gasteiger partial charge in [0.15, 0.2) is 0 Å². The Kier molecular flexibility index (Phi) is 3.27. The number of halogens is 1. The van der Waals surface area contributed by atoms with E-state index in [1.165, 1.54) is 19.2 Å². The highest BCUT2D eigenvalue weighted by atomic mass is 35.5. The molecule has 1 rings (SSSR count). The van der Waals surface area contributed by atoms with Gasteiger partial charge in [-0.05, 0) is 0 Å². The summed E-state index contributed by atoms with van der Waals surface area (Å²) in [7, 11) is 1.44. The topological polar surface area (TPSA) is 78.4 Å². The van der Waals surface area contributed by atoms with Gasteiger partial charge in [0.25, 0.3) is 5.69 Å². The summed E-state index contributed by atoms with van der Waals surface area (Å²) in [5.74, 6) is 0.389. The highest BCUT2D eigenvalue weighted by Gasteiger charge is 2.14. The van der Waals surface area contributed by atoms with Gasteiger partial charge in [-0.1, -0.05) is 11.6 Å². The Morgan fingerprint density at radius 2 is 2.29 bits per heavy atom. The van der Waals surface area contributed by atoms with Crippen molar-refractivity contribution in [1.82, 2.24) is 0 Å². The first-order chi connectivity index (χ1) is 6.60. The largest absolute Gasteiger partial charge is 0.495 e. The summed E-state index contributed by atoms with van der Waals surface area (Å²) in [5.41, 5.74) is 5.84. The molecule has 5 nitrogen and oxygen atoms in total. The van der Waals surface area contributed by atoms with Gasteiger partial charge in [-0.15, -0.1) is 0 Å². The van der Waals surface area contributed by atoms with Crippen molar-refractivity contribution in [2.45, 2.75) is 6.54 Å². The summed E-state index contributed by atoms with van der Waals surface area (Å²) >= 11 is 5.77. The number of nitro benzene ring substituents is 1. The maximum atomic E-state index is 10.5. The number of benzene rings is 1. The third-order valence-electron chi connectivity index (χ3n) is 1.74. The molecule has 76 valence electrons. The zero-order valence-corrected chi connectivity index (χ0v) is 8.25. The van der Waals surface area contributed by atoms with E-state index < -0.39 is 4.92 Å². The molecule has 0 aliphatic heterocycles. The second-order valence-electron chi connectivity index (χ2n) is 2.58. The summed E-state index contributed by atoms with van der Waals surface area (Å²) in [5, 5.41) is 10.7. The number of methoxy groups -OCH3 is 1. The van der Waals surface area contributed by atoms with E-state index in [0.29, 0.717) is 11.3 Å². The van der Waals surface area contributed by atoms with Crippen molar-refractivity contribution >= 4 is 17.3 Å². The molecule has 0 radical (unpaired) electrons. The van der Waals surface area contributed by atoms with Crippen LogP contribution in [0.15, 0.2) is 12.1 Å². The number of nitrogens with zero attached hydrogens (tertiary/aromatic N) is 1. The van der Waals surface area contributed by atoms with Crippen LogP contribution in [-0.4, -0.2) is 12.0 Å². The standard InChI is InChI=1S/C8H9ClN2O3/c1-14-8-5(4-10)2-6(11(12)13)3-7(8)9/h2-3H,4,10H2,1H3. The second-order valence-corrected chi connectivity index (χ2v) is 2.99. The van der Waals surface area contributed by atoms with Crippen LogP contribution in [0.5, 0.6) is 5.75 Å². The van der Waals surface area contributed by atoms with E-state index in [9.17, 15) is 10.1 Å². The molecule has 1 aromatic rings. The zero-order valence-electron chi connectivity index (χ0n) is 7.49. The normalized spacial score (nSPS) is 9.93. The quantitative estimate of drug-likeness (QED) is 0.616. The molecule has 0 aromatic heterocycles. The molecule has 0 aliphatic carbocycles. The molecule has 0 atom stereocenters. The molecule has 0 aliphatic rings. The van der Waals surface area contributed by atoms with E-state index >= 15 is 0 Å². The number of rotatable bonds is 3. The van der Waals surface area contributed by atoms with Gasteiger partial charge in [-0.3, -0.25) is 10.1 Å².